The van der Waals surface area contributed by atoms with Crippen LogP contribution in [-0.2, 0) is 16.6 Å². The molecular weight excluding hydrogens is 408 g/mol. The van der Waals surface area contributed by atoms with Gasteiger partial charge in [0, 0.05) is 19.3 Å². The van der Waals surface area contributed by atoms with E-state index in [2.05, 4.69) is 26.0 Å². The van der Waals surface area contributed by atoms with Crippen LogP contribution >= 0.6 is 15.9 Å². The fourth-order valence-corrected chi connectivity index (χ4v) is 5.33. The summed E-state index contributed by atoms with van der Waals surface area (Å²) in [5, 5.41) is 4.33. The van der Waals surface area contributed by atoms with Gasteiger partial charge < -0.3 is 4.74 Å². The Morgan fingerprint density at radius 1 is 1.40 bits per heavy atom. The van der Waals surface area contributed by atoms with E-state index in [4.69, 9.17) is 4.74 Å². The third-order valence-corrected chi connectivity index (χ3v) is 7.04. The van der Waals surface area contributed by atoms with Gasteiger partial charge in [0.25, 0.3) is 0 Å². The quantitative estimate of drug-likeness (QED) is 0.730. The second-order valence-corrected chi connectivity index (χ2v) is 8.73. The predicted octanol–water partition coefficient (Wildman–Crippen LogP) is 2.52. The van der Waals surface area contributed by atoms with Gasteiger partial charge in [0.2, 0.25) is 15.9 Å². The summed E-state index contributed by atoms with van der Waals surface area (Å²) in [4.78, 5) is 4.49. The number of halogens is 1. The smallest absolute Gasteiger partial charge is 0.246 e. The van der Waals surface area contributed by atoms with E-state index in [9.17, 15) is 8.42 Å². The summed E-state index contributed by atoms with van der Waals surface area (Å²) in [6.07, 6.45) is 2.06. The monoisotopic (exact) mass is 428 g/mol. The highest BCUT2D eigenvalue weighted by Gasteiger charge is 2.37. The maximum atomic E-state index is 13.1. The zero-order valence-corrected chi connectivity index (χ0v) is 16.8. The van der Waals surface area contributed by atoms with Gasteiger partial charge in [0.05, 0.1) is 22.4 Å². The van der Waals surface area contributed by atoms with Crippen LogP contribution in [0.5, 0.6) is 5.88 Å². The van der Waals surface area contributed by atoms with Crippen molar-refractivity contribution < 1.29 is 13.2 Å². The van der Waals surface area contributed by atoms with Gasteiger partial charge in [-0.3, -0.25) is 4.68 Å². The van der Waals surface area contributed by atoms with E-state index < -0.39 is 10.0 Å². The lowest BCUT2D eigenvalue weighted by Gasteiger charge is -2.17. The summed E-state index contributed by atoms with van der Waals surface area (Å²) in [6, 6.07) is 3.65. The molecule has 1 saturated heterocycles. The van der Waals surface area contributed by atoms with E-state index in [-0.39, 0.29) is 6.10 Å². The molecule has 25 heavy (non-hydrogen) atoms. The third-order valence-electron chi connectivity index (χ3n) is 4.32. The first-order valence-corrected chi connectivity index (χ1v) is 10.4. The Kier molecular flexibility index (Phi) is 5.17. The molecule has 0 saturated carbocycles. The van der Waals surface area contributed by atoms with E-state index >= 15 is 0 Å². The molecule has 9 heteroatoms. The minimum Gasteiger partial charge on any atom is -0.472 e. The van der Waals surface area contributed by atoms with Crippen molar-refractivity contribution in [2.45, 2.75) is 44.7 Å². The summed E-state index contributed by atoms with van der Waals surface area (Å²) < 4.78 is 35.9. The lowest BCUT2D eigenvalue weighted by atomic mass is 10.3. The number of hydrogen-bond donors (Lipinski definition) is 0. The van der Waals surface area contributed by atoms with Crippen molar-refractivity contribution in [3.8, 4) is 5.88 Å². The molecule has 136 valence electrons. The zero-order chi connectivity index (χ0) is 18.2. The van der Waals surface area contributed by atoms with Gasteiger partial charge in [-0.15, -0.1) is 0 Å². The van der Waals surface area contributed by atoms with Gasteiger partial charge in [-0.2, -0.15) is 9.40 Å². The molecule has 3 heterocycles. The Balaban J connectivity index is 1.79. The van der Waals surface area contributed by atoms with Crippen molar-refractivity contribution >= 4 is 26.0 Å². The van der Waals surface area contributed by atoms with Crippen molar-refractivity contribution in [3.05, 3.63) is 34.2 Å². The van der Waals surface area contributed by atoms with E-state index in [1.807, 2.05) is 13.0 Å². The summed E-state index contributed by atoms with van der Waals surface area (Å²) in [6.45, 7) is 6.85. The molecule has 0 bridgehead atoms. The summed E-state index contributed by atoms with van der Waals surface area (Å²) >= 11 is 3.39. The molecule has 0 radical (unpaired) electrons. The Hall–Kier alpha value is -1.45. The Labute approximate surface area is 156 Å². The standard InChI is InChI=1S/C16H21BrN4O3S/c1-4-21-12(3)15(11(2)19-21)25(22,23)20-9-7-13(10-20)24-16-14(17)6-5-8-18-16/h5-6,8,13H,4,7,9-10H2,1-3H3. The van der Waals surface area contributed by atoms with E-state index in [0.717, 1.165) is 4.47 Å². The average molecular weight is 429 g/mol. The topological polar surface area (TPSA) is 77.3 Å². The first-order chi connectivity index (χ1) is 11.8. The van der Waals surface area contributed by atoms with Crippen LogP contribution in [0.2, 0.25) is 0 Å². The van der Waals surface area contributed by atoms with E-state index in [1.165, 1.54) is 4.31 Å². The van der Waals surface area contributed by atoms with Crippen molar-refractivity contribution in [2.24, 2.45) is 0 Å². The number of nitrogens with zero attached hydrogens (tertiary/aromatic N) is 4. The normalized spacial score (nSPS) is 18.6. The number of ether oxygens (including phenoxy) is 1. The van der Waals surface area contributed by atoms with Crippen LogP contribution in [0, 0.1) is 13.8 Å². The first kappa shape index (κ1) is 18.3. The van der Waals surface area contributed by atoms with Crippen LogP contribution in [0.1, 0.15) is 24.7 Å². The molecule has 0 aliphatic carbocycles. The van der Waals surface area contributed by atoms with Crippen LogP contribution in [0.25, 0.3) is 0 Å². The maximum absolute atomic E-state index is 13.1. The van der Waals surface area contributed by atoms with Crippen molar-refractivity contribution in [1.82, 2.24) is 19.1 Å². The molecule has 2 aromatic rings. The van der Waals surface area contributed by atoms with Crippen molar-refractivity contribution in [3.63, 3.8) is 0 Å². The number of hydrogen-bond acceptors (Lipinski definition) is 5. The number of aromatic nitrogens is 3. The molecule has 1 atom stereocenters. The van der Waals surface area contributed by atoms with E-state index in [1.54, 1.807) is 30.8 Å². The van der Waals surface area contributed by atoms with Gasteiger partial charge in [-0.1, -0.05) is 0 Å². The Morgan fingerprint density at radius 3 is 2.80 bits per heavy atom. The fourth-order valence-electron chi connectivity index (χ4n) is 3.12. The molecule has 0 aromatic carbocycles. The van der Waals surface area contributed by atoms with Crippen LogP contribution in [0.15, 0.2) is 27.7 Å². The Bertz CT molecular complexity index is 882. The van der Waals surface area contributed by atoms with Crippen LogP contribution in [-0.4, -0.2) is 46.7 Å². The molecule has 3 rings (SSSR count). The first-order valence-electron chi connectivity index (χ1n) is 8.16. The number of pyridine rings is 1. The maximum Gasteiger partial charge on any atom is 0.246 e. The van der Waals surface area contributed by atoms with Gasteiger partial charge in [0.15, 0.2) is 0 Å². The van der Waals surface area contributed by atoms with Crippen LogP contribution in [0.3, 0.4) is 0 Å². The average Bonchev–Trinajstić information content (AvgIpc) is 3.14. The highest BCUT2D eigenvalue weighted by atomic mass is 79.9. The third kappa shape index (κ3) is 3.45. The van der Waals surface area contributed by atoms with E-state index in [0.29, 0.717) is 48.2 Å². The largest absolute Gasteiger partial charge is 0.472 e. The molecular formula is C16H21BrN4O3S. The lowest BCUT2D eigenvalue weighted by Crippen LogP contribution is -2.31. The molecule has 0 spiro atoms. The molecule has 1 fully saturated rings. The molecule has 0 N–H and O–H groups in total. The number of sulfonamides is 1. The zero-order valence-electron chi connectivity index (χ0n) is 14.4. The fraction of sp³-hybridized carbons (Fsp3) is 0.500. The molecule has 1 unspecified atom stereocenters. The minimum atomic E-state index is -3.59. The highest BCUT2D eigenvalue weighted by molar-refractivity contribution is 9.10. The Morgan fingerprint density at radius 2 is 2.16 bits per heavy atom. The summed E-state index contributed by atoms with van der Waals surface area (Å²) in [7, 11) is -3.59. The second kappa shape index (κ2) is 7.05. The molecule has 0 amide bonds. The van der Waals surface area contributed by atoms with Crippen molar-refractivity contribution in [1.29, 1.82) is 0 Å². The molecule has 1 aliphatic heterocycles. The molecule has 2 aromatic heterocycles. The van der Waals surface area contributed by atoms with Gasteiger partial charge >= 0.3 is 0 Å². The van der Waals surface area contributed by atoms with Gasteiger partial charge in [0.1, 0.15) is 11.0 Å². The molecule has 7 nitrogen and oxygen atoms in total. The highest BCUT2D eigenvalue weighted by Crippen LogP contribution is 2.29. The summed E-state index contributed by atoms with van der Waals surface area (Å²) in [5.74, 6) is 0.484. The summed E-state index contributed by atoms with van der Waals surface area (Å²) in [5.41, 5.74) is 1.22. The van der Waals surface area contributed by atoms with Crippen LogP contribution < -0.4 is 4.74 Å². The van der Waals surface area contributed by atoms with Crippen molar-refractivity contribution in [2.75, 3.05) is 13.1 Å². The SMILES string of the molecule is CCn1nc(C)c(S(=O)(=O)N2CCC(Oc3ncccc3Br)C2)c1C. The van der Waals surface area contributed by atoms with Crippen LogP contribution in [0.4, 0.5) is 0 Å². The van der Waals surface area contributed by atoms with Gasteiger partial charge in [-0.25, -0.2) is 13.4 Å². The lowest BCUT2D eigenvalue weighted by molar-refractivity contribution is 0.205. The number of aryl methyl sites for hydroxylation is 2. The second-order valence-electron chi connectivity index (χ2n) is 6.00. The predicted molar refractivity (Wildman–Crippen MR) is 97.1 cm³/mol. The molecule has 1 aliphatic rings. The minimum absolute atomic E-state index is 0.220. The van der Waals surface area contributed by atoms with Gasteiger partial charge in [-0.05, 0) is 55.3 Å². The number of rotatable bonds is 5.